The summed E-state index contributed by atoms with van der Waals surface area (Å²) in [6.07, 6.45) is 5.86. The van der Waals surface area contributed by atoms with E-state index in [4.69, 9.17) is 16.7 Å². The van der Waals surface area contributed by atoms with E-state index < -0.39 is 5.97 Å². The zero-order valence-corrected chi connectivity index (χ0v) is 10.8. The lowest BCUT2D eigenvalue weighted by Gasteiger charge is -2.08. The first-order valence-electron chi connectivity index (χ1n) is 5.77. The predicted octanol–water partition coefficient (Wildman–Crippen LogP) is 2.13. The molecule has 0 aliphatic heterocycles. The maximum atomic E-state index is 10.9. The fourth-order valence-corrected chi connectivity index (χ4v) is 1.87. The molecule has 2 aromatic heterocycles. The van der Waals surface area contributed by atoms with Gasteiger partial charge in [-0.25, -0.2) is 9.78 Å². The number of anilines is 1. The van der Waals surface area contributed by atoms with E-state index in [1.54, 1.807) is 6.20 Å². The highest BCUT2D eigenvalue weighted by atomic mass is 35.5. The Labute approximate surface area is 115 Å². The number of carboxylic acids is 1. The van der Waals surface area contributed by atoms with Crippen LogP contribution in [0.2, 0.25) is 5.02 Å². The van der Waals surface area contributed by atoms with E-state index in [1.807, 2.05) is 16.9 Å². The Kier molecular flexibility index (Phi) is 4.35. The van der Waals surface area contributed by atoms with Crippen molar-refractivity contribution in [1.29, 1.82) is 0 Å². The highest BCUT2D eigenvalue weighted by Crippen LogP contribution is 2.23. The number of pyridine rings is 1. The van der Waals surface area contributed by atoms with Crippen molar-refractivity contribution in [3.63, 3.8) is 0 Å². The second-order valence-electron chi connectivity index (χ2n) is 3.88. The summed E-state index contributed by atoms with van der Waals surface area (Å²) in [4.78, 5) is 14.9. The van der Waals surface area contributed by atoms with Gasteiger partial charge in [-0.15, -0.1) is 0 Å². The molecule has 0 spiro atoms. The fraction of sp³-hybridized carbons (Fsp3) is 0.250. The van der Waals surface area contributed by atoms with Crippen molar-refractivity contribution in [1.82, 2.24) is 14.8 Å². The van der Waals surface area contributed by atoms with E-state index in [1.165, 1.54) is 12.3 Å². The number of aromatic nitrogens is 3. The van der Waals surface area contributed by atoms with Crippen molar-refractivity contribution in [2.75, 3.05) is 11.9 Å². The van der Waals surface area contributed by atoms with Gasteiger partial charge in [0.25, 0.3) is 0 Å². The number of hydrogen-bond donors (Lipinski definition) is 2. The van der Waals surface area contributed by atoms with Gasteiger partial charge < -0.3 is 10.4 Å². The summed E-state index contributed by atoms with van der Waals surface area (Å²) in [6, 6.07) is 3.24. The first-order valence-corrected chi connectivity index (χ1v) is 6.15. The van der Waals surface area contributed by atoms with Crippen LogP contribution in [0.3, 0.4) is 0 Å². The summed E-state index contributed by atoms with van der Waals surface area (Å²) in [5.74, 6) is -0.672. The van der Waals surface area contributed by atoms with Crippen LogP contribution in [0.1, 0.15) is 16.8 Å². The van der Waals surface area contributed by atoms with Crippen LogP contribution in [0, 0.1) is 0 Å². The third-order valence-electron chi connectivity index (χ3n) is 2.54. The third-order valence-corrected chi connectivity index (χ3v) is 2.92. The standard InChI is InChI=1S/C12H13ClN4O2/c13-10-9(12(18)19)3-6-15-11(10)14-4-1-7-17-8-2-5-16-17/h2-3,5-6,8H,1,4,7H2,(H,14,15)(H,18,19). The smallest absolute Gasteiger partial charge is 0.337 e. The first kappa shape index (κ1) is 13.4. The van der Waals surface area contributed by atoms with Crippen LogP contribution < -0.4 is 5.32 Å². The molecule has 0 bridgehead atoms. The van der Waals surface area contributed by atoms with Crippen molar-refractivity contribution in [2.24, 2.45) is 0 Å². The Hall–Kier alpha value is -2.08. The van der Waals surface area contributed by atoms with E-state index in [9.17, 15) is 4.79 Å². The van der Waals surface area contributed by atoms with Crippen molar-refractivity contribution >= 4 is 23.4 Å². The number of nitrogens with zero attached hydrogens (tertiary/aromatic N) is 3. The van der Waals surface area contributed by atoms with Crippen LogP contribution in [0.4, 0.5) is 5.82 Å². The number of rotatable bonds is 6. The quantitative estimate of drug-likeness (QED) is 0.793. The minimum absolute atomic E-state index is 0.0474. The minimum atomic E-state index is -1.06. The van der Waals surface area contributed by atoms with Gasteiger partial charge in [-0.2, -0.15) is 5.10 Å². The Bertz CT molecular complexity index is 557. The number of nitrogens with one attached hydrogen (secondary N) is 1. The third kappa shape index (κ3) is 3.45. The summed E-state index contributed by atoms with van der Waals surface area (Å²) in [6.45, 7) is 1.41. The Morgan fingerprint density at radius 1 is 1.47 bits per heavy atom. The molecule has 0 aliphatic rings. The van der Waals surface area contributed by atoms with E-state index in [-0.39, 0.29) is 10.6 Å². The lowest BCUT2D eigenvalue weighted by Crippen LogP contribution is -2.09. The number of aromatic carboxylic acids is 1. The molecule has 6 nitrogen and oxygen atoms in total. The number of hydrogen-bond acceptors (Lipinski definition) is 4. The minimum Gasteiger partial charge on any atom is -0.478 e. The highest BCUT2D eigenvalue weighted by Gasteiger charge is 2.12. The number of carbonyl (C=O) groups is 1. The van der Waals surface area contributed by atoms with Gasteiger partial charge in [0.05, 0.1) is 10.6 Å². The molecule has 2 N–H and O–H groups in total. The van der Waals surface area contributed by atoms with E-state index in [2.05, 4.69) is 15.4 Å². The molecule has 19 heavy (non-hydrogen) atoms. The molecule has 0 atom stereocenters. The van der Waals surface area contributed by atoms with Crippen LogP contribution in [0.15, 0.2) is 30.7 Å². The summed E-state index contributed by atoms with van der Waals surface area (Å²) in [5.41, 5.74) is 0.0474. The molecular weight excluding hydrogens is 268 g/mol. The number of carboxylic acid groups (broad SMARTS) is 1. The van der Waals surface area contributed by atoms with Crippen LogP contribution in [-0.2, 0) is 6.54 Å². The van der Waals surface area contributed by atoms with Gasteiger partial charge in [0.2, 0.25) is 0 Å². The average Bonchev–Trinajstić information content (AvgIpc) is 2.89. The van der Waals surface area contributed by atoms with Crippen LogP contribution in [0.25, 0.3) is 0 Å². The molecule has 2 rings (SSSR count). The van der Waals surface area contributed by atoms with E-state index >= 15 is 0 Å². The lowest BCUT2D eigenvalue weighted by atomic mass is 10.2. The lowest BCUT2D eigenvalue weighted by molar-refractivity contribution is 0.0697. The largest absolute Gasteiger partial charge is 0.478 e. The van der Waals surface area contributed by atoms with E-state index in [0.29, 0.717) is 12.4 Å². The van der Waals surface area contributed by atoms with Gasteiger partial charge in [-0.05, 0) is 18.6 Å². The Balaban J connectivity index is 1.89. The normalized spacial score (nSPS) is 10.4. The molecule has 2 aromatic rings. The predicted molar refractivity (Wildman–Crippen MR) is 71.5 cm³/mol. The number of halogens is 1. The second-order valence-corrected chi connectivity index (χ2v) is 4.25. The molecule has 0 saturated heterocycles. The fourth-order valence-electron chi connectivity index (χ4n) is 1.61. The van der Waals surface area contributed by atoms with Crippen molar-refractivity contribution < 1.29 is 9.90 Å². The molecule has 7 heteroatoms. The first-order chi connectivity index (χ1) is 9.18. The van der Waals surface area contributed by atoms with Crippen molar-refractivity contribution in [2.45, 2.75) is 13.0 Å². The number of aryl methyl sites for hydroxylation is 1. The van der Waals surface area contributed by atoms with Crippen LogP contribution >= 0.6 is 11.6 Å². The van der Waals surface area contributed by atoms with Crippen LogP contribution in [0.5, 0.6) is 0 Å². The van der Waals surface area contributed by atoms with Gasteiger partial charge in [-0.1, -0.05) is 11.6 Å². The Morgan fingerprint density at radius 3 is 3.00 bits per heavy atom. The van der Waals surface area contributed by atoms with E-state index in [0.717, 1.165) is 13.0 Å². The van der Waals surface area contributed by atoms with Gasteiger partial charge >= 0.3 is 5.97 Å². The maximum absolute atomic E-state index is 10.9. The Morgan fingerprint density at radius 2 is 2.32 bits per heavy atom. The van der Waals surface area contributed by atoms with Crippen molar-refractivity contribution in [3.8, 4) is 0 Å². The molecule has 0 unspecified atom stereocenters. The molecule has 0 fully saturated rings. The zero-order valence-electron chi connectivity index (χ0n) is 10.1. The maximum Gasteiger partial charge on any atom is 0.337 e. The highest BCUT2D eigenvalue weighted by molar-refractivity contribution is 6.35. The van der Waals surface area contributed by atoms with Crippen LogP contribution in [-0.4, -0.2) is 32.4 Å². The van der Waals surface area contributed by atoms with Crippen molar-refractivity contribution in [3.05, 3.63) is 41.3 Å². The molecule has 100 valence electrons. The summed E-state index contributed by atoms with van der Waals surface area (Å²) < 4.78 is 1.82. The average molecular weight is 281 g/mol. The second kappa shape index (κ2) is 6.19. The van der Waals surface area contributed by atoms with Gasteiger partial charge in [-0.3, -0.25) is 4.68 Å². The summed E-state index contributed by atoms with van der Waals surface area (Å²) >= 11 is 5.96. The molecule has 2 heterocycles. The van der Waals surface area contributed by atoms with Gasteiger partial charge in [0.15, 0.2) is 0 Å². The monoisotopic (exact) mass is 280 g/mol. The molecular formula is C12H13ClN4O2. The van der Waals surface area contributed by atoms with Gasteiger partial charge in [0.1, 0.15) is 5.82 Å². The molecule has 0 amide bonds. The molecule has 0 saturated carbocycles. The summed E-state index contributed by atoms with van der Waals surface area (Å²) in [7, 11) is 0. The molecule has 0 aromatic carbocycles. The zero-order chi connectivity index (χ0) is 13.7. The molecule has 0 radical (unpaired) electrons. The summed E-state index contributed by atoms with van der Waals surface area (Å²) in [5, 5.41) is 16.2. The SMILES string of the molecule is O=C(O)c1ccnc(NCCCn2cccn2)c1Cl. The molecule has 0 aliphatic carbocycles. The topological polar surface area (TPSA) is 80.0 Å². The van der Waals surface area contributed by atoms with Gasteiger partial charge in [0, 0.05) is 31.7 Å².